The molecule has 0 atom stereocenters. The van der Waals surface area contributed by atoms with Crippen molar-refractivity contribution in [2.24, 2.45) is 0 Å². The number of hydrogen-bond acceptors (Lipinski definition) is 2. The van der Waals surface area contributed by atoms with Crippen molar-refractivity contribution in [3.05, 3.63) is 75.9 Å². The summed E-state index contributed by atoms with van der Waals surface area (Å²) in [5, 5.41) is 4.40. The number of ketones is 2. The van der Waals surface area contributed by atoms with E-state index in [2.05, 4.69) is 46.9 Å². The minimum atomic E-state index is -0.145. The Labute approximate surface area is 146 Å². The first-order chi connectivity index (χ1) is 11.1. The molecule has 1 aliphatic carbocycles. The molecule has 23 heavy (non-hydrogen) atoms. The summed E-state index contributed by atoms with van der Waals surface area (Å²) >= 11 is 2.22. The van der Waals surface area contributed by atoms with Crippen LogP contribution >= 0.6 is 22.6 Å². The second-order valence-electron chi connectivity index (χ2n) is 5.46. The molecular weight excluding hydrogens is 399 g/mol. The number of carbonyl (C=O) groups is 2. The second-order valence-corrected chi connectivity index (χ2v) is 6.62. The summed E-state index contributed by atoms with van der Waals surface area (Å²) in [5.74, 6) is -0.267. The summed E-state index contributed by atoms with van der Waals surface area (Å²) in [5.41, 5.74) is 1.32. The highest BCUT2D eigenvalue weighted by atomic mass is 127. The highest BCUT2D eigenvalue weighted by Gasteiger charge is 2.20. The predicted octanol–water partition coefficient (Wildman–Crippen LogP) is 4.69. The number of allylic oxidation sites excluding steroid dienone is 4. The zero-order chi connectivity index (χ0) is 16.0. The van der Waals surface area contributed by atoms with Crippen molar-refractivity contribution in [3.63, 3.8) is 0 Å². The Kier molecular flexibility index (Phi) is 3.38. The van der Waals surface area contributed by atoms with E-state index in [1.54, 1.807) is 0 Å². The Morgan fingerprint density at radius 3 is 2.39 bits per heavy atom. The minimum absolute atomic E-state index is 0.122. The van der Waals surface area contributed by atoms with Gasteiger partial charge >= 0.3 is 0 Å². The van der Waals surface area contributed by atoms with Gasteiger partial charge in [-0.25, -0.2) is 0 Å². The Balaban J connectivity index is 2.11. The van der Waals surface area contributed by atoms with E-state index in [0.717, 1.165) is 30.7 Å². The largest absolute Gasteiger partial charge is 0.290 e. The van der Waals surface area contributed by atoms with Crippen LogP contribution in [0.15, 0.2) is 66.8 Å². The molecule has 0 saturated carbocycles. The van der Waals surface area contributed by atoms with Crippen LogP contribution in [0.25, 0.3) is 27.1 Å². The van der Waals surface area contributed by atoms with Gasteiger partial charge in [-0.2, -0.15) is 0 Å². The maximum Gasteiger partial charge on any atom is 0.186 e. The van der Waals surface area contributed by atoms with Gasteiger partial charge in [-0.15, -0.1) is 0 Å². The van der Waals surface area contributed by atoms with E-state index in [-0.39, 0.29) is 11.6 Å². The van der Waals surface area contributed by atoms with Gasteiger partial charge in [0.15, 0.2) is 11.6 Å². The van der Waals surface area contributed by atoms with Crippen molar-refractivity contribution < 1.29 is 9.59 Å². The monoisotopic (exact) mass is 410 g/mol. The third-order valence-corrected chi connectivity index (χ3v) is 4.99. The van der Waals surface area contributed by atoms with E-state index in [9.17, 15) is 9.59 Å². The summed E-state index contributed by atoms with van der Waals surface area (Å²) in [4.78, 5) is 24.0. The highest BCUT2D eigenvalue weighted by molar-refractivity contribution is 14.1. The van der Waals surface area contributed by atoms with Crippen LogP contribution in [-0.2, 0) is 9.59 Å². The number of fused-ring (bicyclic) bond motifs is 3. The van der Waals surface area contributed by atoms with Crippen LogP contribution in [0.1, 0.15) is 5.56 Å². The number of carbonyl (C=O) groups excluding carboxylic acids is 2. The molecule has 0 aliphatic heterocycles. The second kappa shape index (κ2) is 5.42. The maximum absolute atomic E-state index is 12.3. The first-order valence-corrected chi connectivity index (χ1v) is 8.31. The van der Waals surface area contributed by atoms with Gasteiger partial charge in [0.2, 0.25) is 0 Å². The first-order valence-electron chi connectivity index (χ1n) is 7.23. The molecule has 0 unspecified atom stereocenters. The van der Waals surface area contributed by atoms with E-state index in [1.165, 1.54) is 18.2 Å². The van der Waals surface area contributed by atoms with Crippen LogP contribution in [0.3, 0.4) is 0 Å². The van der Waals surface area contributed by atoms with Gasteiger partial charge < -0.3 is 0 Å². The average molecular weight is 410 g/mol. The zero-order valence-electron chi connectivity index (χ0n) is 12.0. The number of hydrogen-bond donors (Lipinski definition) is 0. The molecule has 3 aromatic rings. The third kappa shape index (κ3) is 2.32. The minimum Gasteiger partial charge on any atom is -0.290 e. The van der Waals surface area contributed by atoms with Crippen LogP contribution in [-0.4, -0.2) is 11.6 Å². The lowest BCUT2D eigenvalue weighted by Gasteiger charge is -2.14. The summed E-state index contributed by atoms with van der Waals surface area (Å²) < 4.78 is 0.966. The molecule has 0 saturated heterocycles. The molecule has 0 aromatic heterocycles. The van der Waals surface area contributed by atoms with Crippen LogP contribution in [0.5, 0.6) is 0 Å². The van der Waals surface area contributed by atoms with E-state index in [1.807, 2.05) is 24.3 Å². The molecule has 0 fully saturated rings. The average Bonchev–Trinajstić information content (AvgIpc) is 2.57. The van der Waals surface area contributed by atoms with Gasteiger partial charge in [0.05, 0.1) is 0 Å². The number of benzene rings is 3. The molecule has 0 amide bonds. The highest BCUT2D eigenvalue weighted by Crippen LogP contribution is 2.35. The molecule has 0 bridgehead atoms. The molecule has 110 valence electrons. The molecular formula is C20H11IO2. The SMILES string of the molecule is O=C1C=CC(=O)C(c2c(I)ccc3c2ccc2ccccc23)=C1. The van der Waals surface area contributed by atoms with E-state index >= 15 is 0 Å². The van der Waals surface area contributed by atoms with E-state index in [4.69, 9.17) is 0 Å². The summed E-state index contributed by atoms with van der Waals surface area (Å²) in [7, 11) is 0. The van der Waals surface area contributed by atoms with Crippen molar-refractivity contribution >= 4 is 61.3 Å². The molecule has 0 spiro atoms. The fourth-order valence-corrected chi connectivity index (χ4v) is 3.80. The van der Waals surface area contributed by atoms with Crippen LogP contribution < -0.4 is 0 Å². The number of halogens is 1. The molecule has 0 radical (unpaired) electrons. The van der Waals surface area contributed by atoms with Gasteiger partial charge in [-0.1, -0.05) is 42.5 Å². The first kappa shape index (κ1) is 14.3. The maximum atomic E-state index is 12.3. The molecule has 3 aromatic carbocycles. The van der Waals surface area contributed by atoms with Crippen molar-refractivity contribution in [1.82, 2.24) is 0 Å². The molecule has 2 nitrogen and oxygen atoms in total. The van der Waals surface area contributed by atoms with Gasteiger partial charge in [0, 0.05) is 14.7 Å². The Morgan fingerprint density at radius 2 is 1.52 bits per heavy atom. The van der Waals surface area contributed by atoms with Crippen molar-refractivity contribution in [2.75, 3.05) is 0 Å². The lowest BCUT2D eigenvalue weighted by atomic mass is 9.90. The topological polar surface area (TPSA) is 34.1 Å². The van der Waals surface area contributed by atoms with Gasteiger partial charge in [0.1, 0.15) is 0 Å². The van der Waals surface area contributed by atoms with Crippen molar-refractivity contribution in [3.8, 4) is 0 Å². The molecule has 0 N–H and O–H groups in total. The summed E-state index contributed by atoms with van der Waals surface area (Å²) in [6.45, 7) is 0. The zero-order valence-corrected chi connectivity index (χ0v) is 14.2. The molecule has 4 rings (SSSR count). The smallest absolute Gasteiger partial charge is 0.186 e. The standard InChI is InChI=1S/C20H11IO2/c21-18-9-8-15-14-4-2-1-3-12(14)5-7-16(15)20(18)17-11-13(22)6-10-19(17)23/h1-11H. The fourth-order valence-electron chi connectivity index (χ4n) is 3.04. The van der Waals surface area contributed by atoms with Crippen molar-refractivity contribution in [2.45, 2.75) is 0 Å². The summed E-state index contributed by atoms with van der Waals surface area (Å²) in [6, 6.07) is 16.3. The van der Waals surface area contributed by atoms with Crippen LogP contribution in [0.4, 0.5) is 0 Å². The Bertz CT molecular complexity index is 1060. The lowest BCUT2D eigenvalue weighted by Crippen LogP contribution is -2.08. The number of rotatable bonds is 1. The van der Waals surface area contributed by atoms with Gasteiger partial charge in [0.25, 0.3) is 0 Å². The van der Waals surface area contributed by atoms with Crippen molar-refractivity contribution in [1.29, 1.82) is 0 Å². The quantitative estimate of drug-likeness (QED) is 0.332. The van der Waals surface area contributed by atoms with E-state index < -0.39 is 0 Å². The van der Waals surface area contributed by atoms with Gasteiger partial charge in [-0.3, -0.25) is 9.59 Å². The third-order valence-electron chi connectivity index (χ3n) is 4.10. The Hall–Kier alpha value is -2.27. The Morgan fingerprint density at radius 1 is 0.739 bits per heavy atom. The van der Waals surface area contributed by atoms with E-state index in [0.29, 0.717) is 5.57 Å². The fraction of sp³-hybridized carbons (Fsp3) is 0. The van der Waals surface area contributed by atoms with Gasteiger partial charge in [-0.05, 0) is 68.4 Å². The van der Waals surface area contributed by atoms with Crippen LogP contribution in [0.2, 0.25) is 0 Å². The molecule has 1 aliphatic rings. The van der Waals surface area contributed by atoms with Crippen LogP contribution in [0, 0.1) is 3.57 Å². The lowest BCUT2D eigenvalue weighted by molar-refractivity contribution is -0.113. The predicted molar refractivity (Wildman–Crippen MR) is 101 cm³/mol. The normalized spacial score (nSPS) is 14.6. The molecule has 3 heteroatoms. The summed E-state index contributed by atoms with van der Waals surface area (Å²) in [6.07, 6.45) is 4.11. The molecule has 0 heterocycles.